The minimum Gasteiger partial charge on any atom is -0.496 e. The minimum absolute atomic E-state index is 0.675. The second-order valence-electron chi connectivity index (χ2n) is 5.04. The normalized spacial score (nSPS) is 11.2. The van der Waals surface area contributed by atoms with Crippen LogP contribution in [0, 0.1) is 0 Å². The summed E-state index contributed by atoms with van der Waals surface area (Å²) in [5.74, 6) is 1.68. The summed E-state index contributed by atoms with van der Waals surface area (Å²) in [4.78, 5) is 4.23. The van der Waals surface area contributed by atoms with Crippen LogP contribution < -0.4 is 15.4 Å². The lowest BCUT2D eigenvalue weighted by molar-refractivity contribution is 0.409. The van der Waals surface area contributed by atoms with Crippen LogP contribution in [0.5, 0.6) is 5.75 Å². The van der Waals surface area contributed by atoms with Crippen LogP contribution in [0.2, 0.25) is 5.02 Å². The number of guanidine groups is 1. The lowest BCUT2D eigenvalue weighted by Gasteiger charge is -2.13. The molecule has 0 fully saturated rings. The van der Waals surface area contributed by atoms with E-state index in [1.54, 1.807) is 14.2 Å². The smallest absolute Gasteiger partial charge is 0.191 e. The van der Waals surface area contributed by atoms with E-state index in [1.807, 2.05) is 42.5 Å². The van der Waals surface area contributed by atoms with E-state index < -0.39 is 0 Å². The third kappa shape index (κ3) is 5.49. The Morgan fingerprint density at radius 2 is 1.96 bits per heavy atom. The summed E-state index contributed by atoms with van der Waals surface area (Å²) in [6, 6.07) is 15.8. The zero-order chi connectivity index (χ0) is 16.5. The van der Waals surface area contributed by atoms with E-state index in [-0.39, 0.29) is 0 Å². The van der Waals surface area contributed by atoms with Gasteiger partial charge in [-0.3, -0.25) is 4.99 Å². The van der Waals surface area contributed by atoms with Crippen LogP contribution in [0.1, 0.15) is 11.1 Å². The first-order chi connectivity index (χ1) is 11.2. The van der Waals surface area contributed by atoms with E-state index in [4.69, 9.17) is 16.3 Å². The average Bonchev–Trinajstić information content (AvgIpc) is 2.58. The Hall–Kier alpha value is -2.20. The first kappa shape index (κ1) is 17.2. The van der Waals surface area contributed by atoms with Gasteiger partial charge in [0, 0.05) is 25.2 Å². The predicted octanol–water partition coefficient (Wildman–Crippen LogP) is 3.26. The molecule has 0 unspecified atom stereocenters. The fourth-order valence-corrected chi connectivity index (χ4v) is 2.49. The molecule has 0 atom stereocenters. The van der Waals surface area contributed by atoms with E-state index in [0.717, 1.165) is 35.3 Å². The summed E-state index contributed by atoms with van der Waals surface area (Å²) in [7, 11) is 3.45. The molecule has 5 heteroatoms. The molecule has 2 rings (SSSR count). The molecule has 0 spiro atoms. The zero-order valence-corrected chi connectivity index (χ0v) is 14.2. The molecule has 0 aliphatic carbocycles. The van der Waals surface area contributed by atoms with E-state index in [0.29, 0.717) is 6.54 Å². The summed E-state index contributed by atoms with van der Waals surface area (Å²) in [5, 5.41) is 7.32. The second kappa shape index (κ2) is 9.06. The number of halogens is 1. The maximum absolute atomic E-state index is 5.99. The molecule has 2 aromatic rings. The van der Waals surface area contributed by atoms with Crippen molar-refractivity contribution in [2.45, 2.75) is 13.0 Å². The molecule has 2 aromatic carbocycles. The van der Waals surface area contributed by atoms with Crippen molar-refractivity contribution in [2.24, 2.45) is 4.99 Å². The Balaban J connectivity index is 1.81. The van der Waals surface area contributed by atoms with Crippen LogP contribution >= 0.6 is 11.6 Å². The maximum atomic E-state index is 5.99. The van der Waals surface area contributed by atoms with Gasteiger partial charge in [-0.15, -0.1) is 0 Å². The van der Waals surface area contributed by atoms with Gasteiger partial charge in [0.25, 0.3) is 0 Å². The van der Waals surface area contributed by atoms with Gasteiger partial charge in [0.2, 0.25) is 0 Å². The largest absolute Gasteiger partial charge is 0.496 e. The van der Waals surface area contributed by atoms with Crippen LogP contribution in [-0.4, -0.2) is 26.7 Å². The summed E-state index contributed by atoms with van der Waals surface area (Å²) in [6.45, 7) is 1.45. The number of hydrogen-bond donors (Lipinski definition) is 2. The van der Waals surface area contributed by atoms with Gasteiger partial charge in [-0.25, -0.2) is 0 Å². The number of nitrogens with one attached hydrogen (secondary N) is 2. The van der Waals surface area contributed by atoms with Gasteiger partial charge < -0.3 is 15.4 Å². The Bertz CT molecular complexity index is 658. The molecule has 0 saturated heterocycles. The summed E-state index contributed by atoms with van der Waals surface area (Å²) in [5.41, 5.74) is 2.29. The van der Waals surface area contributed by atoms with Crippen LogP contribution in [0.4, 0.5) is 0 Å². The molecule has 0 saturated carbocycles. The lowest BCUT2D eigenvalue weighted by atomic mass is 10.1. The molecule has 122 valence electrons. The number of benzene rings is 2. The third-order valence-electron chi connectivity index (χ3n) is 3.45. The summed E-state index contributed by atoms with van der Waals surface area (Å²) in [6.07, 6.45) is 0.863. The van der Waals surface area contributed by atoms with Gasteiger partial charge in [-0.05, 0) is 35.7 Å². The summed E-state index contributed by atoms with van der Waals surface area (Å²) < 4.78 is 5.36. The number of rotatable bonds is 6. The van der Waals surface area contributed by atoms with Gasteiger partial charge in [0.1, 0.15) is 5.75 Å². The van der Waals surface area contributed by atoms with E-state index in [1.165, 1.54) is 5.56 Å². The molecular formula is C18H22ClN3O. The standard InChI is InChI=1S/C18H22ClN3O/c1-20-18(22-13-14-6-5-8-16(19)12-14)21-11-10-15-7-3-4-9-17(15)23-2/h3-9,12H,10-11,13H2,1-2H3,(H2,20,21,22). The fraction of sp³-hybridized carbons (Fsp3) is 0.278. The number of ether oxygens (including phenoxy) is 1. The topological polar surface area (TPSA) is 45.7 Å². The Morgan fingerprint density at radius 3 is 2.70 bits per heavy atom. The highest BCUT2D eigenvalue weighted by Crippen LogP contribution is 2.17. The van der Waals surface area contributed by atoms with E-state index in [9.17, 15) is 0 Å². The maximum Gasteiger partial charge on any atom is 0.191 e. The molecule has 2 N–H and O–H groups in total. The second-order valence-corrected chi connectivity index (χ2v) is 5.48. The van der Waals surface area contributed by atoms with Crippen molar-refractivity contribution >= 4 is 17.6 Å². The van der Waals surface area contributed by atoms with Crippen molar-refractivity contribution < 1.29 is 4.74 Å². The molecular weight excluding hydrogens is 310 g/mol. The van der Waals surface area contributed by atoms with Gasteiger partial charge >= 0.3 is 0 Å². The van der Waals surface area contributed by atoms with Crippen molar-refractivity contribution in [1.82, 2.24) is 10.6 Å². The number of nitrogens with zero attached hydrogens (tertiary/aromatic N) is 1. The van der Waals surface area contributed by atoms with Crippen molar-refractivity contribution in [1.29, 1.82) is 0 Å². The monoisotopic (exact) mass is 331 g/mol. The highest BCUT2D eigenvalue weighted by molar-refractivity contribution is 6.30. The SMILES string of the molecule is CN=C(NCCc1ccccc1OC)NCc1cccc(Cl)c1. The zero-order valence-electron chi connectivity index (χ0n) is 13.5. The van der Waals surface area contributed by atoms with E-state index >= 15 is 0 Å². The Labute approximate surface area is 142 Å². The quantitative estimate of drug-likeness (QED) is 0.631. The van der Waals surface area contributed by atoms with Crippen LogP contribution in [-0.2, 0) is 13.0 Å². The van der Waals surface area contributed by atoms with Crippen LogP contribution in [0.25, 0.3) is 0 Å². The van der Waals surface area contributed by atoms with Gasteiger partial charge in [-0.1, -0.05) is 41.9 Å². The molecule has 0 radical (unpaired) electrons. The minimum atomic E-state index is 0.675. The summed E-state index contributed by atoms with van der Waals surface area (Å²) >= 11 is 5.99. The predicted molar refractivity (Wildman–Crippen MR) is 96.4 cm³/mol. The van der Waals surface area contributed by atoms with Crippen molar-refractivity contribution in [2.75, 3.05) is 20.7 Å². The average molecular weight is 332 g/mol. The lowest BCUT2D eigenvalue weighted by Crippen LogP contribution is -2.37. The first-order valence-electron chi connectivity index (χ1n) is 7.54. The molecule has 0 heterocycles. The highest BCUT2D eigenvalue weighted by atomic mass is 35.5. The molecule has 0 aliphatic rings. The first-order valence-corrected chi connectivity index (χ1v) is 7.91. The molecule has 4 nitrogen and oxygen atoms in total. The number of aliphatic imine (C=N–C) groups is 1. The van der Waals surface area contributed by atoms with Crippen molar-refractivity contribution in [3.05, 3.63) is 64.7 Å². The fourth-order valence-electron chi connectivity index (χ4n) is 2.28. The van der Waals surface area contributed by atoms with Crippen LogP contribution in [0.3, 0.4) is 0 Å². The van der Waals surface area contributed by atoms with Gasteiger partial charge in [0.15, 0.2) is 5.96 Å². The van der Waals surface area contributed by atoms with Gasteiger partial charge in [-0.2, -0.15) is 0 Å². The highest BCUT2D eigenvalue weighted by Gasteiger charge is 2.03. The molecule has 23 heavy (non-hydrogen) atoms. The Morgan fingerprint density at radius 1 is 1.13 bits per heavy atom. The van der Waals surface area contributed by atoms with E-state index in [2.05, 4.69) is 21.7 Å². The van der Waals surface area contributed by atoms with Crippen LogP contribution in [0.15, 0.2) is 53.5 Å². The van der Waals surface area contributed by atoms with Gasteiger partial charge in [0.05, 0.1) is 7.11 Å². The molecule has 0 aromatic heterocycles. The van der Waals surface area contributed by atoms with Crippen molar-refractivity contribution in [3.8, 4) is 5.75 Å². The third-order valence-corrected chi connectivity index (χ3v) is 3.69. The number of methoxy groups -OCH3 is 1. The Kier molecular flexibility index (Phi) is 6.76. The molecule has 0 bridgehead atoms. The number of para-hydroxylation sites is 1. The molecule has 0 aliphatic heterocycles. The molecule has 0 amide bonds. The number of hydrogen-bond acceptors (Lipinski definition) is 2. The van der Waals surface area contributed by atoms with Crippen molar-refractivity contribution in [3.63, 3.8) is 0 Å².